The number of carbonyl (C=O) groups excluding carboxylic acids is 1. The van der Waals surface area contributed by atoms with Crippen molar-refractivity contribution in [2.24, 2.45) is 5.92 Å². The van der Waals surface area contributed by atoms with Crippen molar-refractivity contribution in [1.82, 2.24) is 10.6 Å². The van der Waals surface area contributed by atoms with Crippen molar-refractivity contribution in [2.75, 3.05) is 6.54 Å². The third-order valence-electron chi connectivity index (χ3n) is 4.69. The van der Waals surface area contributed by atoms with Crippen molar-refractivity contribution in [3.8, 4) is 0 Å². The van der Waals surface area contributed by atoms with E-state index in [1.165, 1.54) is 43.2 Å². The van der Waals surface area contributed by atoms with E-state index in [1.54, 1.807) is 0 Å². The number of rotatable bonds is 3. The van der Waals surface area contributed by atoms with Crippen LogP contribution < -0.4 is 10.6 Å². The van der Waals surface area contributed by atoms with Crippen LogP contribution in [0.1, 0.15) is 43.2 Å². The summed E-state index contributed by atoms with van der Waals surface area (Å²) in [5.41, 5.74) is 2.63. The summed E-state index contributed by atoms with van der Waals surface area (Å²) in [4.78, 5) is 12.3. The van der Waals surface area contributed by atoms with Gasteiger partial charge in [0.2, 0.25) is 5.91 Å². The van der Waals surface area contributed by atoms with Crippen LogP contribution in [0.5, 0.6) is 0 Å². The summed E-state index contributed by atoms with van der Waals surface area (Å²) < 4.78 is 0. The summed E-state index contributed by atoms with van der Waals surface area (Å²) in [5, 5.41) is 6.50. The predicted octanol–water partition coefficient (Wildman–Crippen LogP) is 2.40. The lowest BCUT2D eigenvalue weighted by atomic mass is 9.89. The molecule has 0 spiro atoms. The Hall–Kier alpha value is -1.35. The highest BCUT2D eigenvalue weighted by atomic mass is 16.2. The third kappa shape index (κ3) is 3.21. The Balaban J connectivity index is 1.51. The standard InChI is InChI=1S/C17H24N2O/c20-17(19-11-13-6-2-1-3-7-13)16-10-14-8-4-5-9-15(14)12-18-16/h4-5,8-9,13,16,18H,1-3,6-7,10-12H2,(H,19,20)/t16-/m0/s1. The molecular weight excluding hydrogens is 248 g/mol. The van der Waals surface area contributed by atoms with Crippen LogP contribution in [0.2, 0.25) is 0 Å². The summed E-state index contributed by atoms with van der Waals surface area (Å²) in [6.45, 7) is 1.66. The minimum atomic E-state index is -0.0616. The van der Waals surface area contributed by atoms with E-state index < -0.39 is 0 Å². The van der Waals surface area contributed by atoms with Gasteiger partial charge in [0.15, 0.2) is 0 Å². The second-order valence-electron chi connectivity index (χ2n) is 6.16. The van der Waals surface area contributed by atoms with E-state index in [4.69, 9.17) is 0 Å². The predicted molar refractivity (Wildman–Crippen MR) is 80.4 cm³/mol. The van der Waals surface area contributed by atoms with Crippen LogP contribution in [-0.4, -0.2) is 18.5 Å². The third-order valence-corrected chi connectivity index (χ3v) is 4.69. The van der Waals surface area contributed by atoms with Crippen LogP contribution in [0, 0.1) is 5.92 Å². The SMILES string of the molecule is O=C(NCC1CCCCC1)[C@@H]1Cc2ccccc2CN1. The molecule has 1 aromatic carbocycles. The van der Waals surface area contributed by atoms with Gasteiger partial charge in [-0.05, 0) is 36.3 Å². The first-order chi connectivity index (χ1) is 9.83. The molecule has 1 aliphatic heterocycles. The minimum Gasteiger partial charge on any atom is -0.354 e. The molecule has 0 aromatic heterocycles. The zero-order valence-electron chi connectivity index (χ0n) is 12.0. The van der Waals surface area contributed by atoms with Crippen LogP contribution >= 0.6 is 0 Å². The first-order valence-electron chi connectivity index (χ1n) is 7.91. The van der Waals surface area contributed by atoms with Crippen molar-refractivity contribution < 1.29 is 4.79 Å². The lowest BCUT2D eigenvalue weighted by Crippen LogP contribution is -2.48. The maximum atomic E-state index is 12.3. The highest BCUT2D eigenvalue weighted by molar-refractivity contribution is 5.82. The molecular formula is C17H24N2O. The maximum absolute atomic E-state index is 12.3. The van der Waals surface area contributed by atoms with Crippen LogP contribution in [0.25, 0.3) is 0 Å². The van der Waals surface area contributed by atoms with Crippen molar-refractivity contribution in [3.63, 3.8) is 0 Å². The Morgan fingerprint density at radius 3 is 2.70 bits per heavy atom. The first kappa shape index (κ1) is 13.6. The molecule has 1 atom stereocenters. The van der Waals surface area contributed by atoms with Gasteiger partial charge in [-0.25, -0.2) is 0 Å². The molecule has 3 heteroatoms. The van der Waals surface area contributed by atoms with Gasteiger partial charge in [0, 0.05) is 13.1 Å². The van der Waals surface area contributed by atoms with Crippen LogP contribution in [0.3, 0.4) is 0 Å². The Morgan fingerprint density at radius 1 is 1.15 bits per heavy atom. The molecule has 2 N–H and O–H groups in total. The quantitative estimate of drug-likeness (QED) is 0.887. The van der Waals surface area contributed by atoms with Crippen molar-refractivity contribution in [1.29, 1.82) is 0 Å². The summed E-state index contributed by atoms with van der Waals surface area (Å²) >= 11 is 0. The number of benzene rings is 1. The fourth-order valence-electron chi connectivity index (χ4n) is 3.40. The van der Waals surface area contributed by atoms with Gasteiger partial charge in [-0.1, -0.05) is 43.5 Å². The molecule has 0 radical (unpaired) electrons. The van der Waals surface area contributed by atoms with Crippen LogP contribution in [0.15, 0.2) is 24.3 Å². The zero-order valence-corrected chi connectivity index (χ0v) is 12.0. The molecule has 20 heavy (non-hydrogen) atoms. The highest BCUT2D eigenvalue weighted by Crippen LogP contribution is 2.23. The number of hydrogen-bond acceptors (Lipinski definition) is 2. The van der Waals surface area contributed by atoms with Gasteiger partial charge in [-0.2, -0.15) is 0 Å². The monoisotopic (exact) mass is 272 g/mol. The van der Waals surface area contributed by atoms with Gasteiger partial charge in [0.1, 0.15) is 0 Å². The van der Waals surface area contributed by atoms with Crippen LogP contribution in [0.4, 0.5) is 0 Å². The van der Waals surface area contributed by atoms with Crippen molar-refractivity contribution in [2.45, 2.75) is 51.1 Å². The van der Waals surface area contributed by atoms with Gasteiger partial charge >= 0.3 is 0 Å². The summed E-state index contributed by atoms with van der Waals surface area (Å²) in [6.07, 6.45) is 7.39. The van der Waals surface area contributed by atoms with Gasteiger partial charge in [0.05, 0.1) is 6.04 Å². The number of fused-ring (bicyclic) bond motifs is 1. The molecule has 108 valence electrons. The van der Waals surface area contributed by atoms with Crippen LogP contribution in [-0.2, 0) is 17.8 Å². The molecule has 1 saturated carbocycles. The lowest BCUT2D eigenvalue weighted by Gasteiger charge is -2.27. The number of carbonyl (C=O) groups is 1. The fourth-order valence-corrected chi connectivity index (χ4v) is 3.40. The Labute approximate surface area is 121 Å². The normalized spacial score (nSPS) is 23.1. The second kappa shape index (κ2) is 6.40. The molecule has 0 saturated heterocycles. The second-order valence-corrected chi connectivity index (χ2v) is 6.16. The molecule has 1 heterocycles. The fraction of sp³-hybridized carbons (Fsp3) is 0.588. The summed E-state index contributed by atoms with van der Waals surface area (Å²) in [5.74, 6) is 0.869. The molecule has 1 amide bonds. The van der Waals surface area contributed by atoms with E-state index >= 15 is 0 Å². The van der Waals surface area contributed by atoms with Crippen molar-refractivity contribution in [3.05, 3.63) is 35.4 Å². The Morgan fingerprint density at radius 2 is 1.90 bits per heavy atom. The average Bonchev–Trinajstić information content (AvgIpc) is 2.53. The molecule has 3 rings (SSSR count). The molecule has 3 nitrogen and oxygen atoms in total. The van der Waals surface area contributed by atoms with Gasteiger partial charge < -0.3 is 10.6 Å². The topological polar surface area (TPSA) is 41.1 Å². The van der Waals surface area contributed by atoms with E-state index in [0.29, 0.717) is 5.92 Å². The molecule has 0 bridgehead atoms. The van der Waals surface area contributed by atoms with E-state index in [0.717, 1.165) is 19.5 Å². The van der Waals surface area contributed by atoms with E-state index in [2.05, 4.69) is 34.9 Å². The molecule has 2 aliphatic rings. The minimum absolute atomic E-state index is 0.0616. The Kier molecular flexibility index (Phi) is 4.36. The molecule has 1 fully saturated rings. The lowest BCUT2D eigenvalue weighted by molar-refractivity contribution is -0.123. The maximum Gasteiger partial charge on any atom is 0.237 e. The highest BCUT2D eigenvalue weighted by Gasteiger charge is 2.24. The Bertz CT molecular complexity index is 466. The largest absolute Gasteiger partial charge is 0.354 e. The molecule has 0 unspecified atom stereocenters. The van der Waals surface area contributed by atoms with E-state index in [9.17, 15) is 4.79 Å². The van der Waals surface area contributed by atoms with Gasteiger partial charge in [-0.3, -0.25) is 4.79 Å². The smallest absolute Gasteiger partial charge is 0.237 e. The van der Waals surface area contributed by atoms with Crippen molar-refractivity contribution >= 4 is 5.91 Å². The summed E-state index contributed by atoms with van der Waals surface area (Å²) in [6, 6.07) is 8.33. The van der Waals surface area contributed by atoms with E-state index in [-0.39, 0.29) is 11.9 Å². The molecule has 1 aromatic rings. The van der Waals surface area contributed by atoms with Gasteiger partial charge in [-0.15, -0.1) is 0 Å². The van der Waals surface area contributed by atoms with E-state index in [1.807, 2.05) is 0 Å². The summed E-state index contributed by atoms with van der Waals surface area (Å²) in [7, 11) is 0. The number of amides is 1. The zero-order chi connectivity index (χ0) is 13.8. The van der Waals surface area contributed by atoms with Gasteiger partial charge in [0.25, 0.3) is 0 Å². The average molecular weight is 272 g/mol. The number of nitrogens with one attached hydrogen (secondary N) is 2. The number of hydrogen-bond donors (Lipinski definition) is 2. The first-order valence-corrected chi connectivity index (χ1v) is 7.91. The molecule has 1 aliphatic carbocycles.